The molecule has 1 aromatic heterocycles. The van der Waals surface area contributed by atoms with Crippen molar-refractivity contribution in [1.82, 2.24) is 14.7 Å². The molecule has 5 nitrogen and oxygen atoms in total. The number of nitrogens with zero attached hydrogens (tertiary/aromatic N) is 2. The van der Waals surface area contributed by atoms with Crippen molar-refractivity contribution in [1.29, 1.82) is 0 Å². The summed E-state index contributed by atoms with van der Waals surface area (Å²) < 4.78 is 25.2. The molecule has 0 radical (unpaired) electrons. The average molecular weight is 201 g/mol. The fourth-order valence-electron chi connectivity index (χ4n) is 0.744. The molecule has 0 spiro atoms. The van der Waals surface area contributed by atoms with Gasteiger partial charge in [0.05, 0.1) is 12.4 Å². The Labute approximate surface area is 77.3 Å². The van der Waals surface area contributed by atoms with Gasteiger partial charge >= 0.3 is 0 Å². The SMILES string of the molecule is CCCNS(=O)(=O)c1cncnc1. The normalized spacial score (nSPS) is 11.5. The molecule has 72 valence electrons. The predicted molar refractivity (Wildman–Crippen MR) is 47.5 cm³/mol. The van der Waals surface area contributed by atoms with E-state index in [9.17, 15) is 8.42 Å². The zero-order valence-electron chi connectivity index (χ0n) is 7.27. The summed E-state index contributed by atoms with van der Waals surface area (Å²) >= 11 is 0. The maximum Gasteiger partial charge on any atom is 0.243 e. The summed E-state index contributed by atoms with van der Waals surface area (Å²) in [5.74, 6) is 0. The maximum absolute atomic E-state index is 11.4. The van der Waals surface area contributed by atoms with E-state index in [1.807, 2.05) is 6.92 Å². The van der Waals surface area contributed by atoms with Crippen LogP contribution < -0.4 is 4.72 Å². The average Bonchev–Trinajstić information content (AvgIpc) is 2.16. The minimum Gasteiger partial charge on any atom is -0.243 e. The zero-order chi connectivity index (χ0) is 9.73. The molecule has 0 saturated heterocycles. The Balaban J connectivity index is 2.83. The van der Waals surface area contributed by atoms with E-state index in [0.29, 0.717) is 6.54 Å². The van der Waals surface area contributed by atoms with E-state index >= 15 is 0 Å². The van der Waals surface area contributed by atoms with E-state index in [4.69, 9.17) is 0 Å². The molecule has 13 heavy (non-hydrogen) atoms. The lowest BCUT2D eigenvalue weighted by molar-refractivity contribution is 0.580. The number of rotatable bonds is 4. The van der Waals surface area contributed by atoms with Crippen LogP contribution in [0.1, 0.15) is 13.3 Å². The summed E-state index contributed by atoms with van der Waals surface area (Å²) in [4.78, 5) is 7.36. The minimum atomic E-state index is -3.40. The monoisotopic (exact) mass is 201 g/mol. The van der Waals surface area contributed by atoms with Crippen molar-refractivity contribution < 1.29 is 8.42 Å². The summed E-state index contributed by atoms with van der Waals surface area (Å²) in [6.07, 6.45) is 4.59. The summed E-state index contributed by atoms with van der Waals surface area (Å²) in [5, 5.41) is 0. The third kappa shape index (κ3) is 2.74. The highest BCUT2D eigenvalue weighted by molar-refractivity contribution is 7.89. The number of nitrogens with one attached hydrogen (secondary N) is 1. The van der Waals surface area contributed by atoms with E-state index in [1.165, 1.54) is 18.7 Å². The molecule has 0 saturated carbocycles. The fourth-order valence-corrected chi connectivity index (χ4v) is 1.78. The molecule has 1 aromatic rings. The topological polar surface area (TPSA) is 72.0 Å². The molecule has 0 aliphatic carbocycles. The van der Waals surface area contributed by atoms with Crippen LogP contribution in [0.2, 0.25) is 0 Å². The highest BCUT2D eigenvalue weighted by Crippen LogP contribution is 2.02. The van der Waals surface area contributed by atoms with E-state index in [-0.39, 0.29) is 4.90 Å². The van der Waals surface area contributed by atoms with Gasteiger partial charge in [0, 0.05) is 6.54 Å². The molecular formula is C7H11N3O2S. The van der Waals surface area contributed by atoms with Gasteiger partial charge in [0.15, 0.2) is 0 Å². The molecule has 0 fully saturated rings. The summed E-state index contributed by atoms with van der Waals surface area (Å²) in [6, 6.07) is 0. The lowest BCUT2D eigenvalue weighted by Crippen LogP contribution is -2.24. The number of hydrogen-bond donors (Lipinski definition) is 1. The number of aromatic nitrogens is 2. The molecule has 0 aliphatic heterocycles. The van der Waals surface area contributed by atoms with Crippen LogP contribution in [0.5, 0.6) is 0 Å². The third-order valence-corrected chi connectivity index (χ3v) is 2.80. The second-order valence-electron chi connectivity index (χ2n) is 2.47. The minimum absolute atomic E-state index is 0.100. The maximum atomic E-state index is 11.4. The molecule has 1 N–H and O–H groups in total. The van der Waals surface area contributed by atoms with Crippen molar-refractivity contribution >= 4 is 10.0 Å². The predicted octanol–water partition coefficient (Wildman–Crippen LogP) is 0.165. The standard InChI is InChI=1S/C7H11N3O2S/c1-2-3-10-13(11,12)7-4-8-6-9-5-7/h4-6,10H,2-3H2,1H3. The smallest absolute Gasteiger partial charge is 0.243 e. The zero-order valence-corrected chi connectivity index (χ0v) is 8.08. The number of hydrogen-bond acceptors (Lipinski definition) is 4. The van der Waals surface area contributed by atoms with Crippen LogP contribution in [0.25, 0.3) is 0 Å². The fraction of sp³-hybridized carbons (Fsp3) is 0.429. The van der Waals surface area contributed by atoms with Crippen LogP contribution in [0.15, 0.2) is 23.6 Å². The van der Waals surface area contributed by atoms with Gasteiger partial charge in [0.2, 0.25) is 10.0 Å². The van der Waals surface area contributed by atoms with Crippen LogP contribution in [-0.4, -0.2) is 24.9 Å². The largest absolute Gasteiger partial charge is 0.243 e. The Bertz CT molecular complexity index is 349. The molecule has 0 bridgehead atoms. The van der Waals surface area contributed by atoms with Gasteiger partial charge in [-0.15, -0.1) is 0 Å². The summed E-state index contributed by atoms with van der Waals surface area (Å²) in [6.45, 7) is 2.32. The lowest BCUT2D eigenvalue weighted by Gasteiger charge is -2.03. The van der Waals surface area contributed by atoms with Gasteiger partial charge in [0.1, 0.15) is 11.2 Å². The van der Waals surface area contributed by atoms with E-state index in [0.717, 1.165) is 6.42 Å². The van der Waals surface area contributed by atoms with E-state index < -0.39 is 10.0 Å². The first kappa shape index (κ1) is 10.1. The van der Waals surface area contributed by atoms with Crippen LogP contribution in [-0.2, 0) is 10.0 Å². The first-order valence-electron chi connectivity index (χ1n) is 3.91. The van der Waals surface area contributed by atoms with E-state index in [2.05, 4.69) is 14.7 Å². The lowest BCUT2D eigenvalue weighted by atomic mass is 10.5. The van der Waals surface area contributed by atoms with Crippen LogP contribution in [0, 0.1) is 0 Å². The van der Waals surface area contributed by atoms with Crippen molar-refractivity contribution in [2.45, 2.75) is 18.2 Å². The molecule has 0 amide bonds. The van der Waals surface area contributed by atoms with Crippen molar-refractivity contribution in [2.24, 2.45) is 0 Å². The molecule has 0 aliphatic rings. The highest BCUT2D eigenvalue weighted by atomic mass is 32.2. The molecule has 0 atom stereocenters. The molecule has 6 heteroatoms. The van der Waals surface area contributed by atoms with Crippen LogP contribution in [0.4, 0.5) is 0 Å². The van der Waals surface area contributed by atoms with Gasteiger partial charge < -0.3 is 0 Å². The van der Waals surface area contributed by atoms with Gasteiger partial charge in [-0.25, -0.2) is 23.1 Å². The van der Waals surface area contributed by atoms with Gasteiger partial charge in [-0.2, -0.15) is 0 Å². The Hall–Kier alpha value is -1.01. The Morgan fingerprint density at radius 3 is 2.54 bits per heavy atom. The first-order chi connectivity index (χ1) is 6.17. The first-order valence-corrected chi connectivity index (χ1v) is 5.40. The van der Waals surface area contributed by atoms with Gasteiger partial charge in [-0.05, 0) is 6.42 Å². The molecule has 0 aromatic carbocycles. The van der Waals surface area contributed by atoms with Crippen molar-refractivity contribution in [2.75, 3.05) is 6.54 Å². The molecule has 0 unspecified atom stereocenters. The molecule has 1 rings (SSSR count). The Morgan fingerprint density at radius 2 is 2.00 bits per heavy atom. The molecular weight excluding hydrogens is 190 g/mol. The van der Waals surface area contributed by atoms with E-state index in [1.54, 1.807) is 0 Å². The van der Waals surface area contributed by atoms with Gasteiger partial charge in [-0.3, -0.25) is 0 Å². The third-order valence-electron chi connectivity index (χ3n) is 1.39. The van der Waals surface area contributed by atoms with Crippen LogP contribution in [0.3, 0.4) is 0 Å². The second-order valence-corrected chi connectivity index (χ2v) is 4.24. The Kier molecular flexibility index (Phi) is 3.32. The van der Waals surface area contributed by atoms with Crippen molar-refractivity contribution in [3.8, 4) is 0 Å². The van der Waals surface area contributed by atoms with Gasteiger partial charge in [0.25, 0.3) is 0 Å². The highest BCUT2D eigenvalue weighted by Gasteiger charge is 2.12. The van der Waals surface area contributed by atoms with Crippen molar-refractivity contribution in [3.63, 3.8) is 0 Å². The van der Waals surface area contributed by atoms with Crippen LogP contribution >= 0.6 is 0 Å². The summed E-state index contributed by atoms with van der Waals surface area (Å²) in [7, 11) is -3.40. The van der Waals surface area contributed by atoms with Crippen molar-refractivity contribution in [3.05, 3.63) is 18.7 Å². The Morgan fingerprint density at radius 1 is 1.38 bits per heavy atom. The second kappa shape index (κ2) is 4.29. The van der Waals surface area contributed by atoms with Gasteiger partial charge in [-0.1, -0.05) is 6.92 Å². The number of sulfonamides is 1. The quantitative estimate of drug-likeness (QED) is 0.753. The summed E-state index contributed by atoms with van der Waals surface area (Å²) in [5.41, 5.74) is 0. The molecule has 1 heterocycles.